The van der Waals surface area contributed by atoms with Crippen LogP contribution < -0.4 is 10.3 Å². The summed E-state index contributed by atoms with van der Waals surface area (Å²) < 4.78 is 8.74. The summed E-state index contributed by atoms with van der Waals surface area (Å²) in [6, 6.07) is 22.4. The van der Waals surface area contributed by atoms with Gasteiger partial charge < -0.3 is 4.74 Å². The molecule has 0 unspecified atom stereocenters. The van der Waals surface area contributed by atoms with E-state index in [9.17, 15) is 4.79 Å². The number of para-hydroxylation sites is 1. The average Bonchev–Trinajstić information content (AvgIpc) is 2.94. The SMILES string of the molecule is COc1ccc(-n2c(=O)c3ccc(Cl)cc3n2-c2ccccc2)cc1. The minimum atomic E-state index is -0.0966. The predicted octanol–water partition coefficient (Wildman–Crippen LogP) is 4.44. The van der Waals surface area contributed by atoms with Gasteiger partial charge in [0.05, 0.1) is 29.4 Å². The Labute approximate surface area is 149 Å². The van der Waals surface area contributed by atoms with E-state index in [2.05, 4.69) is 0 Å². The predicted molar refractivity (Wildman–Crippen MR) is 100 cm³/mol. The fourth-order valence-electron chi connectivity index (χ4n) is 2.95. The summed E-state index contributed by atoms with van der Waals surface area (Å²) in [6.07, 6.45) is 0. The van der Waals surface area contributed by atoms with Gasteiger partial charge in [-0.05, 0) is 54.6 Å². The third-order valence-electron chi connectivity index (χ3n) is 4.13. The molecular formula is C20H15ClN2O2. The van der Waals surface area contributed by atoms with Gasteiger partial charge in [-0.15, -0.1) is 0 Å². The summed E-state index contributed by atoms with van der Waals surface area (Å²) >= 11 is 6.18. The van der Waals surface area contributed by atoms with Crippen LogP contribution in [-0.4, -0.2) is 16.5 Å². The number of ether oxygens (including phenoxy) is 1. The quantitative estimate of drug-likeness (QED) is 0.547. The lowest BCUT2D eigenvalue weighted by Crippen LogP contribution is -2.20. The maximum absolute atomic E-state index is 13.1. The fourth-order valence-corrected chi connectivity index (χ4v) is 3.12. The van der Waals surface area contributed by atoms with Crippen molar-refractivity contribution in [2.45, 2.75) is 0 Å². The average molecular weight is 351 g/mol. The summed E-state index contributed by atoms with van der Waals surface area (Å²) in [7, 11) is 1.62. The minimum Gasteiger partial charge on any atom is -0.497 e. The van der Waals surface area contributed by atoms with Crippen LogP contribution in [0, 0.1) is 0 Å². The Kier molecular flexibility index (Phi) is 3.82. The van der Waals surface area contributed by atoms with E-state index in [1.54, 1.807) is 23.9 Å². The Morgan fingerprint density at radius 1 is 0.840 bits per heavy atom. The Hall–Kier alpha value is -2.98. The van der Waals surface area contributed by atoms with Crippen molar-refractivity contribution in [3.05, 3.63) is 88.2 Å². The van der Waals surface area contributed by atoms with Crippen LogP contribution in [0.4, 0.5) is 0 Å². The molecule has 1 aromatic heterocycles. The number of aromatic nitrogens is 2. The summed E-state index contributed by atoms with van der Waals surface area (Å²) in [6.45, 7) is 0. The number of hydrogen-bond acceptors (Lipinski definition) is 2. The Bertz CT molecular complexity index is 1100. The van der Waals surface area contributed by atoms with Crippen LogP contribution in [0.15, 0.2) is 77.6 Å². The number of fused-ring (bicyclic) bond motifs is 1. The first kappa shape index (κ1) is 15.5. The maximum atomic E-state index is 13.1. The smallest absolute Gasteiger partial charge is 0.279 e. The number of benzene rings is 3. The second-order valence-electron chi connectivity index (χ2n) is 5.62. The zero-order valence-electron chi connectivity index (χ0n) is 13.5. The van der Waals surface area contributed by atoms with Gasteiger partial charge in [0.2, 0.25) is 0 Å². The van der Waals surface area contributed by atoms with Crippen LogP contribution in [-0.2, 0) is 0 Å². The van der Waals surface area contributed by atoms with Crippen LogP contribution in [0.3, 0.4) is 0 Å². The first-order valence-corrected chi connectivity index (χ1v) is 8.20. The summed E-state index contributed by atoms with van der Waals surface area (Å²) in [5, 5.41) is 1.20. The van der Waals surface area contributed by atoms with Gasteiger partial charge in [0.25, 0.3) is 5.56 Å². The van der Waals surface area contributed by atoms with Crippen molar-refractivity contribution in [3.63, 3.8) is 0 Å². The number of hydrogen-bond donors (Lipinski definition) is 0. The molecule has 0 aliphatic heterocycles. The van der Waals surface area contributed by atoms with Crippen molar-refractivity contribution in [2.24, 2.45) is 0 Å². The molecule has 0 aliphatic rings. The highest BCUT2D eigenvalue weighted by Gasteiger charge is 2.16. The van der Waals surface area contributed by atoms with E-state index in [4.69, 9.17) is 16.3 Å². The van der Waals surface area contributed by atoms with Crippen LogP contribution in [0.2, 0.25) is 5.02 Å². The van der Waals surface area contributed by atoms with Crippen molar-refractivity contribution in [1.82, 2.24) is 9.36 Å². The van der Waals surface area contributed by atoms with Crippen molar-refractivity contribution in [1.29, 1.82) is 0 Å². The van der Waals surface area contributed by atoms with Gasteiger partial charge in [-0.25, -0.2) is 9.36 Å². The lowest BCUT2D eigenvalue weighted by Gasteiger charge is -2.13. The van der Waals surface area contributed by atoms with E-state index in [0.29, 0.717) is 10.4 Å². The van der Waals surface area contributed by atoms with Crippen molar-refractivity contribution in [3.8, 4) is 17.1 Å². The molecule has 0 radical (unpaired) electrons. The molecule has 4 aromatic rings. The molecule has 0 spiro atoms. The topological polar surface area (TPSA) is 36.2 Å². The molecule has 1 heterocycles. The largest absolute Gasteiger partial charge is 0.497 e. The van der Waals surface area contributed by atoms with E-state index < -0.39 is 0 Å². The van der Waals surface area contributed by atoms with E-state index in [1.807, 2.05) is 65.3 Å². The Morgan fingerprint density at radius 3 is 2.20 bits per heavy atom. The van der Waals surface area contributed by atoms with E-state index >= 15 is 0 Å². The molecule has 0 atom stereocenters. The lowest BCUT2D eigenvalue weighted by atomic mass is 10.2. The highest BCUT2D eigenvalue weighted by molar-refractivity contribution is 6.31. The second kappa shape index (κ2) is 6.15. The van der Waals surface area contributed by atoms with Crippen LogP contribution in [0.5, 0.6) is 5.75 Å². The Balaban J connectivity index is 2.09. The highest BCUT2D eigenvalue weighted by atomic mass is 35.5. The van der Waals surface area contributed by atoms with Gasteiger partial charge >= 0.3 is 0 Å². The van der Waals surface area contributed by atoms with Gasteiger partial charge in [0.1, 0.15) is 5.75 Å². The first-order valence-electron chi connectivity index (χ1n) is 7.82. The summed E-state index contributed by atoms with van der Waals surface area (Å²) in [4.78, 5) is 13.1. The molecule has 0 saturated heterocycles. The monoisotopic (exact) mass is 350 g/mol. The molecule has 0 aliphatic carbocycles. The molecule has 4 nitrogen and oxygen atoms in total. The molecule has 0 amide bonds. The van der Waals surface area contributed by atoms with Crippen molar-refractivity contribution < 1.29 is 4.74 Å². The second-order valence-corrected chi connectivity index (χ2v) is 6.06. The van der Waals surface area contributed by atoms with E-state index in [-0.39, 0.29) is 5.56 Å². The molecule has 0 N–H and O–H groups in total. The molecule has 0 fully saturated rings. The van der Waals surface area contributed by atoms with Gasteiger partial charge in [-0.2, -0.15) is 0 Å². The minimum absolute atomic E-state index is 0.0966. The lowest BCUT2D eigenvalue weighted by molar-refractivity contribution is 0.414. The third kappa shape index (κ3) is 2.61. The highest BCUT2D eigenvalue weighted by Crippen LogP contribution is 2.24. The van der Waals surface area contributed by atoms with E-state index in [0.717, 1.165) is 22.6 Å². The molecule has 5 heteroatoms. The normalized spacial score (nSPS) is 11.0. The van der Waals surface area contributed by atoms with E-state index in [1.165, 1.54) is 0 Å². The molecule has 3 aromatic carbocycles. The molecule has 0 saturated carbocycles. The third-order valence-corrected chi connectivity index (χ3v) is 4.36. The maximum Gasteiger partial charge on any atom is 0.279 e. The standard InChI is InChI=1S/C20H15ClN2O2/c1-25-17-10-8-16(9-11-17)23-20(24)18-12-7-14(21)13-19(18)22(23)15-5-3-2-4-6-15/h2-13H,1H3. The Morgan fingerprint density at radius 2 is 1.52 bits per heavy atom. The van der Waals surface area contributed by atoms with Crippen molar-refractivity contribution in [2.75, 3.05) is 7.11 Å². The molecule has 25 heavy (non-hydrogen) atoms. The molecule has 4 rings (SSSR count). The number of halogens is 1. The zero-order chi connectivity index (χ0) is 17.4. The zero-order valence-corrected chi connectivity index (χ0v) is 14.3. The van der Waals surface area contributed by atoms with Gasteiger partial charge in [0, 0.05) is 5.02 Å². The summed E-state index contributed by atoms with van der Waals surface area (Å²) in [5.74, 6) is 0.738. The van der Waals surface area contributed by atoms with Gasteiger partial charge in [-0.3, -0.25) is 4.79 Å². The van der Waals surface area contributed by atoms with Gasteiger partial charge in [0.15, 0.2) is 0 Å². The first-order chi connectivity index (χ1) is 12.2. The molecular weight excluding hydrogens is 336 g/mol. The molecule has 124 valence electrons. The van der Waals surface area contributed by atoms with Crippen LogP contribution >= 0.6 is 11.6 Å². The summed E-state index contributed by atoms with van der Waals surface area (Å²) in [5.41, 5.74) is 2.30. The van der Waals surface area contributed by atoms with Crippen LogP contribution in [0.25, 0.3) is 22.3 Å². The van der Waals surface area contributed by atoms with Crippen LogP contribution in [0.1, 0.15) is 0 Å². The number of nitrogens with zero attached hydrogens (tertiary/aromatic N) is 2. The van der Waals surface area contributed by atoms with Gasteiger partial charge in [-0.1, -0.05) is 29.8 Å². The molecule has 0 bridgehead atoms. The fraction of sp³-hybridized carbons (Fsp3) is 0.0500. The number of rotatable bonds is 3. The van der Waals surface area contributed by atoms with Crippen molar-refractivity contribution >= 4 is 22.5 Å². The number of methoxy groups -OCH3 is 1.